The molecule has 3 fully saturated rings. The van der Waals surface area contributed by atoms with Crippen molar-refractivity contribution in [3.63, 3.8) is 0 Å². The first-order valence-corrected chi connectivity index (χ1v) is 13.5. The minimum Gasteiger partial charge on any atom is -0.378 e. The van der Waals surface area contributed by atoms with Crippen molar-refractivity contribution in [1.82, 2.24) is 20.3 Å². The highest BCUT2D eigenvalue weighted by Crippen LogP contribution is 2.52. The summed E-state index contributed by atoms with van der Waals surface area (Å²) < 4.78 is 18.6. The number of nitrogens with zero attached hydrogens (tertiary/aromatic N) is 4. The van der Waals surface area contributed by atoms with Gasteiger partial charge >= 0.3 is 6.03 Å². The Bertz CT molecular complexity index is 1270. The highest BCUT2D eigenvalue weighted by Gasteiger charge is 2.53. The standard InChI is InChI=1S/C26H28N6O3S/c33-25(29-20-8-9-20)28-19-6-4-18(5-7-19)24-30-21(17-22(31-24)32-13-15-35-16-14-32)26(10-11-26)36(34)23-3-1-2-12-27-23/h1-7,12,17,20H,8-11,13-16H2,(H2,28,29,33). The largest absolute Gasteiger partial charge is 0.378 e. The molecule has 0 bridgehead atoms. The fraction of sp³-hybridized carbons (Fsp3) is 0.385. The smallest absolute Gasteiger partial charge is 0.319 e. The van der Waals surface area contributed by atoms with E-state index in [9.17, 15) is 9.00 Å². The van der Waals surface area contributed by atoms with Crippen molar-refractivity contribution >= 4 is 28.3 Å². The number of carbonyl (C=O) groups excluding carboxylic acids is 1. The second-order valence-corrected chi connectivity index (χ2v) is 11.2. The molecule has 1 aliphatic heterocycles. The van der Waals surface area contributed by atoms with Gasteiger partial charge in [0.15, 0.2) is 5.82 Å². The molecule has 0 spiro atoms. The molecule has 2 aromatic heterocycles. The normalized spacial score (nSPS) is 19.4. The summed E-state index contributed by atoms with van der Waals surface area (Å²) in [6, 6.07) is 15.1. The van der Waals surface area contributed by atoms with Crippen LogP contribution in [-0.2, 0) is 20.3 Å². The zero-order chi connectivity index (χ0) is 24.5. The Balaban J connectivity index is 1.32. The Labute approximate surface area is 212 Å². The first-order valence-electron chi connectivity index (χ1n) is 12.3. The number of amides is 2. The molecule has 3 aromatic rings. The van der Waals surface area contributed by atoms with Crippen LogP contribution in [0.15, 0.2) is 59.8 Å². The quantitative estimate of drug-likeness (QED) is 0.507. The Kier molecular flexibility index (Phi) is 6.14. The molecule has 2 amide bonds. The summed E-state index contributed by atoms with van der Waals surface area (Å²) >= 11 is 0. The predicted molar refractivity (Wildman–Crippen MR) is 137 cm³/mol. The lowest BCUT2D eigenvalue weighted by atomic mass is 10.1. The Morgan fingerprint density at radius 3 is 2.50 bits per heavy atom. The summed E-state index contributed by atoms with van der Waals surface area (Å²) in [5.74, 6) is 1.39. The number of ether oxygens (including phenoxy) is 1. The molecule has 3 heterocycles. The summed E-state index contributed by atoms with van der Waals surface area (Å²) in [7, 11) is -1.32. The number of anilines is 2. The lowest BCUT2D eigenvalue weighted by Crippen LogP contribution is -2.37. The molecule has 1 aromatic carbocycles. The van der Waals surface area contributed by atoms with Crippen LogP contribution in [0.5, 0.6) is 0 Å². The molecule has 6 rings (SSSR count). The van der Waals surface area contributed by atoms with Crippen molar-refractivity contribution in [2.24, 2.45) is 0 Å². The predicted octanol–water partition coefficient (Wildman–Crippen LogP) is 3.46. The summed E-state index contributed by atoms with van der Waals surface area (Å²) in [6.45, 7) is 2.77. The van der Waals surface area contributed by atoms with Crippen LogP contribution in [0.3, 0.4) is 0 Å². The molecule has 2 N–H and O–H groups in total. The maximum atomic E-state index is 13.6. The number of benzene rings is 1. The van der Waals surface area contributed by atoms with Gasteiger partial charge < -0.3 is 20.3 Å². The zero-order valence-electron chi connectivity index (χ0n) is 19.9. The molecule has 186 valence electrons. The molecule has 1 unspecified atom stereocenters. The second kappa shape index (κ2) is 9.59. The number of urea groups is 1. The van der Waals surface area contributed by atoms with E-state index >= 15 is 0 Å². The van der Waals surface area contributed by atoms with E-state index in [1.165, 1.54) is 0 Å². The van der Waals surface area contributed by atoms with Crippen LogP contribution in [0.25, 0.3) is 11.4 Å². The van der Waals surface area contributed by atoms with Crippen LogP contribution in [0.1, 0.15) is 31.4 Å². The SMILES string of the molecule is O=C(Nc1ccc(-c2nc(N3CCOCC3)cc(C3(S(=O)c4ccccn4)CC3)n2)cc1)NC1CC1. The highest BCUT2D eigenvalue weighted by atomic mass is 32.2. The first kappa shape index (κ1) is 23.1. The molecule has 36 heavy (non-hydrogen) atoms. The van der Waals surface area contributed by atoms with Crippen LogP contribution in [0.4, 0.5) is 16.3 Å². The maximum absolute atomic E-state index is 13.6. The number of hydrogen-bond acceptors (Lipinski definition) is 7. The van der Waals surface area contributed by atoms with Crippen molar-refractivity contribution in [3.05, 3.63) is 60.4 Å². The molecule has 9 nitrogen and oxygen atoms in total. The zero-order valence-corrected chi connectivity index (χ0v) is 20.7. The van der Waals surface area contributed by atoms with E-state index in [-0.39, 0.29) is 6.03 Å². The van der Waals surface area contributed by atoms with Gasteiger partial charge in [0.25, 0.3) is 0 Å². The molecule has 3 aliphatic rings. The van der Waals surface area contributed by atoms with E-state index in [4.69, 9.17) is 14.7 Å². The van der Waals surface area contributed by atoms with Crippen molar-refractivity contribution in [3.8, 4) is 11.4 Å². The van der Waals surface area contributed by atoms with Crippen molar-refractivity contribution in [1.29, 1.82) is 0 Å². The number of nitrogens with one attached hydrogen (secondary N) is 2. The lowest BCUT2D eigenvalue weighted by Gasteiger charge is -2.29. The number of morpholine rings is 1. The van der Waals surface area contributed by atoms with Gasteiger partial charge in [0.05, 0.1) is 34.5 Å². The lowest BCUT2D eigenvalue weighted by molar-refractivity contribution is 0.122. The summed E-state index contributed by atoms with van der Waals surface area (Å²) in [6.07, 6.45) is 5.33. The van der Waals surface area contributed by atoms with E-state index < -0.39 is 15.5 Å². The highest BCUT2D eigenvalue weighted by molar-refractivity contribution is 7.86. The van der Waals surface area contributed by atoms with Gasteiger partial charge in [-0.1, -0.05) is 6.07 Å². The maximum Gasteiger partial charge on any atom is 0.319 e. The van der Waals surface area contributed by atoms with Crippen LogP contribution in [-0.4, -0.2) is 57.5 Å². The number of aromatic nitrogens is 3. The van der Waals surface area contributed by atoms with Gasteiger partial charge in [0.1, 0.15) is 10.8 Å². The van der Waals surface area contributed by atoms with Gasteiger partial charge in [-0.3, -0.25) is 4.21 Å². The van der Waals surface area contributed by atoms with E-state index in [2.05, 4.69) is 20.5 Å². The fourth-order valence-corrected chi connectivity index (χ4v) is 5.87. The molecule has 2 aliphatic carbocycles. The van der Waals surface area contributed by atoms with E-state index in [0.29, 0.717) is 35.8 Å². The van der Waals surface area contributed by atoms with E-state index in [1.54, 1.807) is 6.20 Å². The van der Waals surface area contributed by atoms with E-state index in [0.717, 1.165) is 55.8 Å². The molecular weight excluding hydrogens is 476 g/mol. The van der Waals surface area contributed by atoms with Crippen LogP contribution >= 0.6 is 0 Å². The monoisotopic (exact) mass is 504 g/mol. The van der Waals surface area contributed by atoms with Crippen molar-refractivity contribution in [2.45, 2.75) is 41.5 Å². The minimum absolute atomic E-state index is 0.189. The number of rotatable bonds is 7. The van der Waals surface area contributed by atoms with Gasteiger partial charge in [-0.05, 0) is 62.1 Å². The second-order valence-electron chi connectivity index (χ2n) is 9.42. The Hall–Kier alpha value is -3.37. The number of pyridine rings is 1. The van der Waals surface area contributed by atoms with Crippen molar-refractivity contribution in [2.75, 3.05) is 36.5 Å². The third kappa shape index (κ3) is 4.83. The average Bonchev–Trinajstić information content (AvgIpc) is 3.86. The number of carbonyl (C=O) groups is 1. The van der Waals surface area contributed by atoms with Crippen molar-refractivity contribution < 1.29 is 13.7 Å². The van der Waals surface area contributed by atoms with Crippen LogP contribution < -0.4 is 15.5 Å². The molecule has 1 saturated heterocycles. The molecule has 2 saturated carbocycles. The first-order chi connectivity index (χ1) is 17.6. The van der Waals surface area contributed by atoms with Gasteiger partial charge in [0, 0.05) is 42.6 Å². The molecule has 10 heteroatoms. The third-order valence-corrected chi connectivity index (χ3v) is 8.66. The molecule has 0 radical (unpaired) electrons. The topological polar surface area (TPSA) is 109 Å². The Morgan fingerprint density at radius 1 is 1.06 bits per heavy atom. The third-order valence-electron chi connectivity index (χ3n) is 6.71. The Morgan fingerprint density at radius 2 is 1.83 bits per heavy atom. The van der Waals surface area contributed by atoms with Gasteiger partial charge in [-0.15, -0.1) is 0 Å². The van der Waals surface area contributed by atoms with Crippen LogP contribution in [0.2, 0.25) is 0 Å². The number of hydrogen-bond donors (Lipinski definition) is 2. The average molecular weight is 505 g/mol. The summed E-state index contributed by atoms with van der Waals surface area (Å²) in [5.41, 5.74) is 2.32. The minimum atomic E-state index is -1.32. The van der Waals surface area contributed by atoms with Gasteiger partial charge in [-0.25, -0.2) is 19.7 Å². The van der Waals surface area contributed by atoms with E-state index in [1.807, 2.05) is 48.5 Å². The van der Waals surface area contributed by atoms with Gasteiger partial charge in [-0.2, -0.15) is 0 Å². The summed E-state index contributed by atoms with van der Waals surface area (Å²) in [5, 5.41) is 6.37. The van der Waals surface area contributed by atoms with Crippen LogP contribution in [0, 0.1) is 0 Å². The molecular formula is C26H28N6O3S. The van der Waals surface area contributed by atoms with Gasteiger partial charge in [0.2, 0.25) is 0 Å². The summed E-state index contributed by atoms with van der Waals surface area (Å²) in [4.78, 5) is 28.4. The fourth-order valence-electron chi connectivity index (χ4n) is 4.34. The molecule has 1 atom stereocenters.